The smallest absolute Gasteiger partial charge is 0.407 e. The first-order chi connectivity index (χ1) is 10.6. The molecule has 6 nitrogen and oxygen atoms in total. The Kier molecular flexibility index (Phi) is 6.30. The highest BCUT2D eigenvalue weighted by Gasteiger charge is 2.16. The summed E-state index contributed by atoms with van der Waals surface area (Å²) in [6.45, 7) is 8.82. The molecule has 0 aromatic heterocycles. The van der Waals surface area contributed by atoms with E-state index in [2.05, 4.69) is 10.6 Å². The first-order valence-corrected chi connectivity index (χ1v) is 7.47. The molecule has 0 spiro atoms. The number of aryl methyl sites for hydroxylation is 1. The third-order valence-corrected chi connectivity index (χ3v) is 2.91. The fourth-order valence-electron chi connectivity index (χ4n) is 1.95. The molecule has 6 heteroatoms. The van der Waals surface area contributed by atoms with Gasteiger partial charge in [0.1, 0.15) is 5.60 Å². The van der Waals surface area contributed by atoms with E-state index >= 15 is 0 Å². The van der Waals surface area contributed by atoms with E-state index in [0.717, 1.165) is 5.56 Å². The van der Waals surface area contributed by atoms with Crippen molar-refractivity contribution in [3.63, 3.8) is 0 Å². The summed E-state index contributed by atoms with van der Waals surface area (Å²) in [4.78, 5) is 34.7. The lowest BCUT2D eigenvalue weighted by molar-refractivity contribution is -0.116. The van der Waals surface area contributed by atoms with Crippen molar-refractivity contribution in [2.24, 2.45) is 0 Å². The van der Waals surface area contributed by atoms with E-state index in [0.29, 0.717) is 11.3 Å². The van der Waals surface area contributed by atoms with Crippen LogP contribution in [0.5, 0.6) is 0 Å². The molecule has 23 heavy (non-hydrogen) atoms. The van der Waals surface area contributed by atoms with Gasteiger partial charge in [-0.2, -0.15) is 0 Å². The highest BCUT2D eigenvalue weighted by molar-refractivity contribution is 5.97. The SMILES string of the molecule is CC(=O)c1ccc(NC(=O)CCNC(=O)OC(C)(C)C)cc1C. The van der Waals surface area contributed by atoms with Crippen molar-refractivity contribution < 1.29 is 19.1 Å². The molecule has 0 aliphatic rings. The van der Waals surface area contributed by atoms with E-state index in [1.54, 1.807) is 39.0 Å². The zero-order valence-corrected chi connectivity index (χ0v) is 14.3. The zero-order valence-electron chi connectivity index (χ0n) is 14.3. The Bertz CT molecular complexity index is 603. The fraction of sp³-hybridized carbons (Fsp3) is 0.471. The molecule has 0 aliphatic carbocycles. The summed E-state index contributed by atoms with van der Waals surface area (Å²) in [5.41, 5.74) is 1.49. The van der Waals surface area contributed by atoms with Gasteiger partial charge < -0.3 is 15.4 Å². The topological polar surface area (TPSA) is 84.5 Å². The summed E-state index contributed by atoms with van der Waals surface area (Å²) >= 11 is 0. The van der Waals surface area contributed by atoms with E-state index in [-0.39, 0.29) is 24.7 Å². The minimum Gasteiger partial charge on any atom is -0.444 e. The van der Waals surface area contributed by atoms with Crippen molar-refractivity contribution in [1.29, 1.82) is 0 Å². The van der Waals surface area contributed by atoms with E-state index in [4.69, 9.17) is 4.74 Å². The van der Waals surface area contributed by atoms with Crippen LogP contribution in [-0.4, -0.2) is 29.9 Å². The number of hydrogen-bond acceptors (Lipinski definition) is 4. The van der Waals surface area contributed by atoms with Crippen LogP contribution in [0.15, 0.2) is 18.2 Å². The third-order valence-electron chi connectivity index (χ3n) is 2.91. The lowest BCUT2D eigenvalue weighted by Gasteiger charge is -2.19. The second kappa shape index (κ2) is 7.76. The van der Waals surface area contributed by atoms with Gasteiger partial charge in [0.25, 0.3) is 0 Å². The van der Waals surface area contributed by atoms with Gasteiger partial charge >= 0.3 is 6.09 Å². The van der Waals surface area contributed by atoms with Gasteiger partial charge in [-0.05, 0) is 58.4 Å². The van der Waals surface area contributed by atoms with E-state index in [1.165, 1.54) is 6.92 Å². The summed E-state index contributed by atoms with van der Waals surface area (Å²) in [5, 5.41) is 5.25. The summed E-state index contributed by atoms with van der Waals surface area (Å²) in [6, 6.07) is 5.12. The molecule has 1 aromatic carbocycles. The number of nitrogens with one attached hydrogen (secondary N) is 2. The van der Waals surface area contributed by atoms with Crippen LogP contribution in [0.4, 0.5) is 10.5 Å². The number of rotatable bonds is 5. The number of alkyl carbamates (subject to hydrolysis) is 1. The molecule has 1 aromatic rings. The van der Waals surface area contributed by atoms with Gasteiger partial charge in [0, 0.05) is 24.2 Å². The van der Waals surface area contributed by atoms with Crippen molar-refractivity contribution in [1.82, 2.24) is 5.32 Å². The lowest BCUT2D eigenvalue weighted by Crippen LogP contribution is -2.34. The number of carbonyl (C=O) groups is 3. The molecule has 0 saturated carbocycles. The maximum absolute atomic E-state index is 11.8. The molecule has 2 amide bonds. The number of Topliss-reactive ketones (excluding diaryl/α,β-unsaturated/α-hetero) is 1. The highest BCUT2D eigenvalue weighted by Crippen LogP contribution is 2.15. The predicted octanol–water partition coefficient (Wildman–Crippen LogP) is 3.05. The largest absolute Gasteiger partial charge is 0.444 e. The molecule has 0 heterocycles. The molecule has 1 rings (SSSR count). The highest BCUT2D eigenvalue weighted by atomic mass is 16.6. The van der Waals surface area contributed by atoms with Crippen molar-refractivity contribution in [2.75, 3.05) is 11.9 Å². The molecular weight excluding hydrogens is 296 g/mol. The molecular formula is C17H24N2O4. The summed E-state index contributed by atoms with van der Waals surface area (Å²) in [7, 11) is 0. The first kappa shape index (κ1) is 18.7. The standard InChI is InChI=1S/C17H24N2O4/c1-11-10-13(6-7-14(11)12(2)20)19-15(21)8-9-18-16(22)23-17(3,4)5/h6-7,10H,8-9H2,1-5H3,(H,18,22)(H,19,21). The number of ether oxygens (including phenoxy) is 1. The van der Waals surface area contributed by atoms with E-state index < -0.39 is 11.7 Å². The van der Waals surface area contributed by atoms with Gasteiger partial charge in [-0.3, -0.25) is 9.59 Å². The second-order valence-electron chi connectivity index (χ2n) is 6.31. The summed E-state index contributed by atoms with van der Waals surface area (Å²) in [5.74, 6) is -0.238. The molecule has 0 unspecified atom stereocenters. The fourth-order valence-corrected chi connectivity index (χ4v) is 1.95. The Hall–Kier alpha value is -2.37. The minimum absolute atomic E-state index is 0.0121. The minimum atomic E-state index is -0.567. The van der Waals surface area contributed by atoms with E-state index in [1.807, 2.05) is 6.92 Å². The Morgan fingerprint density at radius 1 is 1.17 bits per heavy atom. The molecule has 0 atom stereocenters. The third kappa shape index (κ3) is 6.95. The predicted molar refractivity (Wildman–Crippen MR) is 88.7 cm³/mol. The van der Waals surface area contributed by atoms with Gasteiger partial charge in [0.2, 0.25) is 5.91 Å². The van der Waals surface area contributed by atoms with Crippen LogP contribution in [0.3, 0.4) is 0 Å². The van der Waals surface area contributed by atoms with Gasteiger partial charge in [-0.15, -0.1) is 0 Å². The zero-order chi connectivity index (χ0) is 17.6. The molecule has 0 fully saturated rings. The van der Waals surface area contributed by atoms with Crippen LogP contribution >= 0.6 is 0 Å². The second-order valence-corrected chi connectivity index (χ2v) is 6.31. The molecule has 0 bridgehead atoms. The van der Waals surface area contributed by atoms with Crippen LogP contribution < -0.4 is 10.6 Å². The molecule has 0 aliphatic heterocycles. The first-order valence-electron chi connectivity index (χ1n) is 7.47. The maximum Gasteiger partial charge on any atom is 0.407 e. The maximum atomic E-state index is 11.8. The average molecular weight is 320 g/mol. The van der Waals surface area contributed by atoms with Gasteiger partial charge in [0.15, 0.2) is 5.78 Å². The van der Waals surface area contributed by atoms with Crippen LogP contribution in [0, 0.1) is 6.92 Å². The molecule has 0 radical (unpaired) electrons. The van der Waals surface area contributed by atoms with Crippen LogP contribution in [0.1, 0.15) is 50.0 Å². The van der Waals surface area contributed by atoms with Crippen LogP contribution in [-0.2, 0) is 9.53 Å². The number of carbonyl (C=O) groups excluding carboxylic acids is 3. The molecule has 0 saturated heterocycles. The van der Waals surface area contributed by atoms with Crippen molar-refractivity contribution in [2.45, 2.75) is 46.6 Å². The Balaban J connectivity index is 2.44. The number of amides is 2. The summed E-state index contributed by atoms with van der Waals surface area (Å²) < 4.78 is 5.08. The van der Waals surface area contributed by atoms with Crippen molar-refractivity contribution in [3.8, 4) is 0 Å². The number of benzene rings is 1. The number of ketones is 1. The Morgan fingerprint density at radius 2 is 1.83 bits per heavy atom. The van der Waals surface area contributed by atoms with Crippen molar-refractivity contribution in [3.05, 3.63) is 29.3 Å². The van der Waals surface area contributed by atoms with E-state index in [9.17, 15) is 14.4 Å². The Morgan fingerprint density at radius 3 is 2.35 bits per heavy atom. The lowest BCUT2D eigenvalue weighted by atomic mass is 10.0. The monoisotopic (exact) mass is 320 g/mol. The molecule has 126 valence electrons. The quantitative estimate of drug-likeness (QED) is 0.817. The van der Waals surface area contributed by atoms with Gasteiger partial charge in [-0.1, -0.05) is 0 Å². The van der Waals surface area contributed by atoms with Crippen LogP contribution in [0.25, 0.3) is 0 Å². The van der Waals surface area contributed by atoms with Gasteiger partial charge in [-0.25, -0.2) is 4.79 Å². The number of hydrogen-bond donors (Lipinski definition) is 2. The summed E-state index contributed by atoms with van der Waals surface area (Å²) in [6.07, 6.45) is -0.417. The molecule has 2 N–H and O–H groups in total. The van der Waals surface area contributed by atoms with Crippen molar-refractivity contribution >= 4 is 23.5 Å². The van der Waals surface area contributed by atoms with Gasteiger partial charge in [0.05, 0.1) is 0 Å². The normalized spacial score (nSPS) is 10.8. The number of anilines is 1. The average Bonchev–Trinajstić information content (AvgIpc) is 2.35. The van der Waals surface area contributed by atoms with Crippen LogP contribution in [0.2, 0.25) is 0 Å². The Labute approximate surface area is 136 Å².